The zero-order valence-electron chi connectivity index (χ0n) is 17.9. The number of carbonyl (C=O) groups is 2. The minimum absolute atomic E-state index is 0. The molecule has 32 heavy (non-hydrogen) atoms. The highest BCUT2D eigenvalue weighted by atomic mass is 35.5. The fraction of sp³-hybridized carbons (Fsp3) is 0.350. The van der Waals surface area contributed by atoms with E-state index in [0.717, 1.165) is 0 Å². The third-order valence-corrected chi connectivity index (χ3v) is 4.89. The number of nitrogens with one attached hydrogen (secondary N) is 2. The molecule has 12 heteroatoms. The summed E-state index contributed by atoms with van der Waals surface area (Å²) in [5.74, 6) is -0.450. The number of Topliss-reactive ketones (excluding diaryl/α,β-unsaturated/α-hetero) is 2. The molecule has 0 aliphatic heterocycles. The predicted molar refractivity (Wildman–Crippen MR) is 130 cm³/mol. The van der Waals surface area contributed by atoms with E-state index in [1.54, 1.807) is 38.1 Å². The van der Waals surface area contributed by atoms with E-state index in [-0.39, 0.29) is 29.9 Å². The molecule has 0 fully saturated rings. The summed E-state index contributed by atoms with van der Waals surface area (Å²) in [4.78, 5) is 28.6. The van der Waals surface area contributed by atoms with Crippen molar-refractivity contribution in [2.24, 2.45) is 32.5 Å². The molecule has 1 unspecified atom stereocenters. The van der Waals surface area contributed by atoms with E-state index in [2.05, 4.69) is 25.6 Å². The van der Waals surface area contributed by atoms with Crippen molar-refractivity contribution in [3.63, 3.8) is 0 Å². The lowest BCUT2D eigenvalue weighted by molar-refractivity contribution is 0.0969. The van der Waals surface area contributed by atoms with Gasteiger partial charge in [0.2, 0.25) is 5.96 Å². The van der Waals surface area contributed by atoms with Crippen molar-refractivity contribution in [2.45, 2.75) is 45.8 Å². The molecule has 0 aromatic heterocycles. The maximum Gasteiger partial charge on any atom is 0.211 e. The number of nitrogens with zero attached hydrogens (tertiary/aromatic N) is 3. The molecule has 10 nitrogen and oxygen atoms in total. The van der Waals surface area contributed by atoms with Gasteiger partial charge >= 0.3 is 0 Å². The molecule has 8 N–H and O–H groups in total. The molecule has 0 spiro atoms. The van der Waals surface area contributed by atoms with Gasteiger partial charge in [-0.1, -0.05) is 24.3 Å². The van der Waals surface area contributed by atoms with Crippen LogP contribution in [-0.4, -0.2) is 35.2 Å². The molecule has 0 bridgehead atoms. The quantitative estimate of drug-likeness (QED) is 0.111. The number of fused-ring (bicyclic) bond motifs is 1. The number of benzene rings is 1. The number of halogens is 2. The number of rotatable bonds is 10. The van der Waals surface area contributed by atoms with Crippen LogP contribution in [0.2, 0.25) is 0 Å². The van der Waals surface area contributed by atoms with Crippen LogP contribution in [0, 0.1) is 0 Å². The molecular weight excluding hydrogens is 455 g/mol. The van der Waals surface area contributed by atoms with Gasteiger partial charge in [-0.2, -0.15) is 15.0 Å². The molecule has 0 saturated carbocycles. The Morgan fingerprint density at radius 1 is 0.969 bits per heavy atom. The fourth-order valence-electron chi connectivity index (χ4n) is 3.07. The molecule has 1 aliphatic carbocycles. The molecule has 1 aromatic carbocycles. The van der Waals surface area contributed by atoms with Crippen molar-refractivity contribution in [3.05, 3.63) is 46.5 Å². The highest BCUT2D eigenvalue weighted by molar-refractivity contribution is 6.27. The predicted octanol–water partition coefficient (Wildman–Crippen LogP) is 1.94. The minimum Gasteiger partial charge on any atom is -0.369 e. The van der Waals surface area contributed by atoms with E-state index < -0.39 is 6.29 Å². The van der Waals surface area contributed by atoms with Crippen molar-refractivity contribution in [2.75, 3.05) is 0 Å². The average molecular weight is 483 g/mol. The van der Waals surface area contributed by atoms with Gasteiger partial charge in [0.25, 0.3) is 0 Å². The summed E-state index contributed by atoms with van der Waals surface area (Å²) in [6.45, 7) is 3.55. The first-order valence-electron chi connectivity index (χ1n) is 9.67. The number of carbonyl (C=O) groups excluding carboxylic acids is 2. The summed E-state index contributed by atoms with van der Waals surface area (Å²) in [6.07, 6.45) is 0.895. The van der Waals surface area contributed by atoms with Crippen molar-refractivity contribution >= 4 is 53.1 Å². The molecule has 1 aromatic rings. The van der Waals surface area contributed by atoms with Crippen LogP contribution in [0.1, 0.15) is 60.2 Å². The van der Waals surface area contributed by atoms with Crippen molar-refractivity contribution in [1.82, 2.24) is 10.3 Å². The van der Waals surface area contributed by atoms with Gasteiger partial charge in [0.1, 0.15) is 0 Å². The van der Waals surface area contributed by atoms with Gasteiger partial charge in [0, 0.05) is 33.7 Å². The third-order valence-electron chi connectivity index (χ3n) is 4.65. The van der Waals surface area contributed by atoms with Crippen LogP contribution < -0.4 is 27.5 Å². The Hall–Kier alpha value is -2.79. The normalized spacial score (nSPS) is 15.1. The third kappa shape index (κ3) is 7.41. The average Bonchev–Trinajstić information content (AvgIpc) is 2.76. The SMILES string of the molecule is C/C(CCC1=C(CC/C(C)=N/NC(N)NCl)C(=O)c2ccccc2C1=O)=N\N=C(N)N.Cl. The summed E-state index contributed by atoms with van der Waals surface area (Å²) in [5, 5.41) is 11.7. The van der Waals surface area contributed by atoms with Crippen LogP contribution in [0.15, 0.2) is 50.7 Å². The van der Waals surface area contributed by atoms with Gasteiger partial charge in [-0.15, -0.1) is 17.5 Å². The highest BCUT2D eigenvalue weighted by Crippen LogP contribution is 2.31. The Morgan fingerprint density at radius 3 is 1.94 bits per heavy atom. The molecule has 0 saturated heterocycles. The zero-order valence-corrected chi connectivity index (χ0v) is 19.5. The number of hydrogen-bond acceptors (Lipinski definition) is 8. The lowest BCUT2D eigenvalue weighted by Crippen LogP contribution is -2.42. The van der Waals surface area contributed by atoms with Crippen molar-refractivity contribution in [3.8, 4) is 0 Å². The van der Waals surface area contributed by atoms with E-state index >= 15 is 0 Å². The van der Waals surface area contributed by atoms with E-state index in [4.69, 9.17) is 29.0 Å². The molecule has 0 heterocycles. The maximum absolute atomic E-state index is 13.2. The lowest BCUT2D eigenvalue weighted by atomic mass is 9.80. The molecule has 0 radical (unpaired) electrons. The second-order valence-electron chi connectivity index (χ2n) is 7.08. The van der Waals surface area contributed by atoms with Gasteiger partial charge in [-0.25, -0.2) is 0 Å². The van der Waals surface area contributed by atoms with Crippen LogP contribution >= 0.6 is 24.2 Å². The van der Waals surface area contributed by atoms with Crippen LogP contribution in [-0.2, 0) is 0 Å². The Balaban J connectivity index is 0.00000512. The number of allylic oxidation sites excluding steroid dienone is 2. The first-order chi connectivity index (χ1) is 14.7. The van der Waals surface area contributed by atoms with Crippen LogP contribution in [0.4, 0.5) is 0 Å². The first kappa shape index (κ1) is 27.2. The topological polar surface area (TPSA) is 173 Å². The molecule has 1 atom stereocenters. The second-order valence-corrected chi connectivity index (χ2v) is 7.30. The Labute approximate surface area is 197 Å². The first-order valence-corrected chi connectivity index (χ1v) is 10.0. The fourth-order valence-corrected chi connectivity index (χ4v) is 3.12. The minimum atomic E-state index is -0.705. The van der Waals surface area contributed by atoms with Crippen LogP contribution in [0.3, 0.4) is 0 Å². The highest BCUT2D eigenvalue weighted by Gasteiger charge is 2.31. The second kappa shape index (κ2) is 12.9. The number of guanidine groups is 1. The number of hydrazone groups is 1. The van der Waals surface area contributed by atoms with Crippen molar-refractivity contribution in [1.29, 1.82) is 0 Å². The summed E-state index contributed by atoms with van der Waals surface area (Å²) < 4.78 is 0. The summed E-state index contributed by atoms with van der Waals surface area (Å²) in [6, 6.07) is 6.83. The van der Waals surface area contributed by atoms with Crippen LogP contribution in [0.25, 0.3) is 0 Å². The van der Waals surface area contributed by atoms with E-state index in [9.17, 15) is 9.59 Å². The van der Waals surface area contributed by atoms with Gasteiger partial charge in [-0.3, -0.25) is 20.7 Å². The van der Waals surface area contributed by atoms with E-state index in [0.29, 0.717) is 59.4 Å². The van der Waals surface area contributed by atoms with Gasteiger partial charge < -0.3 is 11.5 Å². The van der Waals surface area contributed by atoms with Crippen molar-refractivity contribution < 1.29 is 9.59 Å². The van der Waals surface area contributed by atoms with E-state index in [1.165, 1.54) is 0 Å². The van der Waals surface area contributed by atoms with Crippen LogP contribution in [0.5, 0.6) is 0 Å². The lowest BCUT2D eigenvalue weighted by Gasteiger charge is -2.21. The smallest absolute Gasteiger partial charge is 0.211 e. The number of hydrogen-bond donors (Lipinski definition) is 5. The molecule has 1 aliphatic rings. The van der Waals surface area contributed by atoms with Gasteiger partial charge in [-0.05, 0) is 51.3 Å². The molecule has 0 amide bonds. The van der Waals surface area contributed by atoms with Gasteiger partial charge in [0.05, 0.1) is 0 Å². The van der Waals surface area contributed by atoms with E-state index in [1.807, 2.05) is 0 Å². The Morgan fingerprint density at radius 2 is 1.47 bits per heavy atom. The molecular formula is C20H28Cl2N8O2. The summed E-state index contributed by atoms with van der Waals surface area (Å²) in [7, 11) is 0. The summed E-state index contributed by atoms with van der Waals surface area (Å²) >= 11 is 5.41. The maximum atomic E-state index is 13.2. The summed E-state index contributed by atoms with van der Waals surface area (Å²) in [5.41, 5.74) is 21.9. The molecule has 2 rings (SSSR count). The number of nitrogens with two attached hydrogens (primary N) is 3. The Kier molecular flexibility index (Phi) is 11.0. The Bertz CT molecular complexity index is 968. The number of ketones is 2. The zero-order chi connectivity index (χ0) is 23.0. The monoisotopic (exact) mass is 482 g/mol. The van der Waals surface area contributed by atoms with Gasteiger partial charge in [0.15, 0.2) is 17.9 Å². The molecule has 174 valence electrons. The standard InChI is InChI=1S/C20H27ClN8O2.ClH/c1-11(26-28-19(22)23)7-9-15-16(10-8-12(2)27-29-20(24)25-21)18(31)14-6-4-3-5-13(14)17(15)30;/h3-6,20,25,29H,7-10,24H2,1-2H3,(H4,22,23,28);1H/b26-11+,27-12+;. The largest absolute Gasteiger partial charge is 0.369 e.